The molecule has 2 heterocycles. The van der Waals surface area contributed by atoms with Gasteiger partial charge in [-0.25, -0.2) is 4.39 Å². The highest BCUT2D eigenvalue weighted by molar-refractivity contribution is 5.85. The molecule has 3 aromatic rings. The van der Waals surface area contributed by atoms with E-state index < -0.39 is 0 Å². The molecule has 146 valence electrons. The lowest BCUT2D eigenvalue weighted by Crippen LogP contribution is -2.55. The summed E-state index contributed by atoms with van der Waals surface area (Å²) in [7, 11) is 4.26. The number of fused-ring (bicyclic) bond motifs is 4. The molecule has 1 aliphatic heterocycles. The minimum Gasteiger partial charge on any atom is -0.357 e. The molecule has 4 heteroatoms. The fraction of sp³-hybridized carbons (Fsp3) is 0.417. The average molecular weight is 378 g/mol. The number of aromatic amines is 1. The van der Waals surface area contributed by atoms with Crippen molar-refractivity contribution in [1.29, 1.82) is 0 Å². The number of H-pyrrole nitrogens is 1. The highest BCUT2D eigenvalue weighted by atomic mass is 19.1. The Morgan fingerprint density at radius 3 is 2.50 bits per heavy atom. The number of rotatable bonds is 2. The van der Waals surface area contributed by atoms with Crippen LogP contribution >= 0.6 is 0 Å². The fourth-order valence-electron chi connectivity index (χ4n) is 5.67. The molecule has 1 fully saturated rings. The Kier molecular flexibility index (Phi) is 4.11. The lowest BCUT2D eigenvalue weighted by atomic mass is 9.66. The first-order valence-electron chi connectivity index (χ1n) is 10.3. The van der Waals surface area contributed by atoms with Gasteiger partial charge in [-0.1, -0.05) is 30.3 Å². The molecule has 5 rings (SSSR count). The number of hydrogen-bond acceptors (Lipinski definition) is 2. The SMILES string of the molecule is CN(C)C1(c2cccc(F)c2)CCC2(CC1)NCCc1c2[nH]c2ccccc12. The Labute approximate surface area is 165 Å². The Morgan fingerprint density at radius 2 is 1.75 bits per heavy atom. The van der Waals surface area contributed by atoms with Crippen LogP contribution in [0, 0.1) is 5.82 Å². The van der Waals surface area contributed by atoms with Crippen molar-refractivity contribution in [2.75, 3.05) is 20.6 Å². The quantitative estimate of drug-likeness (QED) is 0.679. The molecule has 0 saturated heterocycles. The summed E-state index contributed by atoms with van der Waals surface area (Å²) in [6.07, 6.45) is 5.17. The summed E-state index contributed by atoms with van der Waals surface area (Å²) in [5.41, 5.74) is 5.09. The molecule has 1 saturated carbocycles. The molecule has 2 aliphatic rings. The highest BCUT2D eigenvalue weighted by Crippen LogP contribution is 2.50. The zero-order valence-corrected chi connectivity index (χ0v) is 16.7. The second-order valence-electron chi connectivity index (χ2n) is 8.72. The van der Waals surface area contributed by atoms with Gasteiger partial charge in [-0.15, -0.1) is 0 Å². The minimum atomic E-state index is -0.146. The first-order chi connectivity index (χ1) is 13.5. The lowest BCUT2D eigenvalue weighted by molar-refractivity contribution is 0.0494. The van der Waals surface area contributed by atoms with Crippen molar-refractivity contribution in [3.63, 3.8) is 0 Å². The second kappa shape index (κ2) is 6.43. The summed E-state index contributed by atoms with van der Waals surface area (Å²) in [6, 6.07) is 15.8. The van der Waals surface area contributed by atoms with Crippen LogP contribution in [-0.2, 0) is 17.5 Å². The van der Waals surface area contributed by atoms with Gasteiger partial charge >= 0.3 is 0 Å². The summed E-state index contributed by atoms with van der Waals surface area (Å²) >= 11 is 0. The topological polar surface area (TPSA) is 31.1 Å². The van der Waals surface area contributed by atoms with E-state index >= 15 is 0 Å². The van der Waals surface area contributed by atoms with Crippen LogP contribution in [0.4, 0.5) is 4.39 Å². The van der Waals surface area contributed by atoms with Crippen molar-refractivity contribution in [2.45, 2.75) is 43.2 Å². The number of nitrogens with zero attached hydrogens (tertiary/aromatic N) is 1. The number of halogens is 1. The van der Waals surface area contributed by atoms with E-state index in [1.165, 1.54) is 28.2 Å². The normalized spacial score (nSPS) is 27.4. The lowest BCUT2D eigenvalue weighted by Gasteiger charge is -2.51. The molecule has 28 heavy (non-hydrogen) atoms. The summed E-state index contributed by atoms with van der Waals surface area (Å²) in [5.74, 6) is -0.146. The number of benzene rings is 2. The third-order valence-corrected chi connectivity index (χ3v) is 7.28. The van der Waals surface area contributed by atoms with Gasteiger partial charge in [0.05, 0.1) is 5.54 Å². The number of aromatic nitrogens is 1. The van der Waals surface area contributed by atoms with Crippen LogP contribution in [0.3, 0.4) is 0 Å². The van der Waals surface area contributed by atoms with Crippen molar-refractivity contribution in [3.05, 3.63) is 71.2 Å². The molecule has 0 bridgehead atoms. The van der Waals surface area contributed by atoms with Gasteiger partial charge in [0.25, 0.3) is 0 Å². The third kappa shape index (κ3) is 2.55. The number of para-hydroxylation sites is 1. The maximum absolute atomic E-state index is 14.0. The van der Waals surface area contributed by atoms with Gasteiger partial charge in [-0.2, -0.15) is 0 Å². The van der Waals surface area contributed by atoms with E-state index in [0.29, 0.717) is 0 Å². The Balaban J connectivity index is 1.53. The van der Waals surface area contributed by atoms with Crippen LogP contribution in [0.1, 0.15) is 42.5 Å². The van der Waals surface area contributed by atoms with E-state index in [-0.39, 0.29) is 16.9 Å². The first-order valence-corrected chi connectivity index (χ1v) is 10.3. The summed E-state index contributed by atoms with van der Waals surface area (Å²) < 4.78 is 14.0. The molecular weight excluding hydrogens is 349 g/mol. The van der Waals surface area contributed by atoms with E-state index in [0.717, 1.165) is 44.2 Å². The zero-order chi connectivity index (χ0) is 19.4. The summed E-state index contributed by atoms with van der Waals surface area (Å²) in [4.78, 5) is 6.04. The van der Waals surface area contributed by atoms with Crippen molar-refractivity contribution in [2.24, 2.45) is 0 Å². The Bertz CT molecular complexity index is 1010. The average Bonchev–Trinajstić information content (AvgIpc) is 3.09. The number of nitrogens with one attached hydrogen (secondary N) is 2. The Hall–Kier alpha value is -2.17. The van der Waals surface area contributed by atoms with Gasteiger partial charge in [0.15, 0.2) is 0 Å². The molecular formula is C24H28FN3. The predicted octanol–water partition coefficient (Wildman–Crippen LogP) is 4.68. The van der Waals surface area contributed by atoms with Gasteiger partial charge in [0.1, 0.15) is 5.82 Å². The van der Waals surface area contributed by atoms with Gasteiger partial charge in [-0.3, -0.25) is 4.90 Å². The molecule has 0 unspecified atom stereocenters. The van der Waals surface area contributed by atoms with E-state index in [4.69, 9.17) is 0 Å². The molecule has 1 aromatic heterocycles. The first kappa shape index (κ1) is 17.9. The molecule has 3 nitrogen and oxygen atoms in total. The van der Waals surface area contributed by atoms with Gasteiger partial charge in [-0.05, 0) is 75.5 Å². The molecule has 0 atom stereocenters. The van der Waals surface area contributed by atoms with Crippen LogP contribution < -0.4 is 5.32 Å². The maximum atomic E-state index is 14.0. The molecule has 0 amide bonds. The van der Waals surface area contributed by atoms with Crippen LogP contribution in [0.2, 0.25) is 0 Å². The predicted molar refractivity (Wildman–Crippen MR) is 112 cm³/mol. The monoisotopic (exact) mass is 377 g/mol. The van der Waals surface area contributed by atoms with E-state index in [1.54, 1.807) is 6.07 Å². The molecule has 2 aromatic carbocycles. The van der Waals surface area contributed by atoms with E-state index in [2.05, 4.69) is 59.6 Å². The smallest absolute Gasteiger partial charge is 0.123 e. The fourth-order valence-corrected chi connectivity index (χ4v) is 5.67. The van der Waals surface area contributed by atoms with E-state index in [1.807, 2.05) is 6.07 Å². The van der Waals surface area contributed by atoms with Gasteiger partial charge in [0, 0.05) is 28.7 Å². The zero-order valence-electron chi connectivity index (χ0n) is 16.7. The van der Waals surface area contributed by atoms with E-state index in [9.17, 15) is 4.39 Å². The van der Waals surface area contributed by atoms with Gasteiger partial charge < -0.3 is 10.3 Å². The van der Waals surface area contributed by atoms with Crippen LogP contribution in [0.5, 0.6) is 0 Å². The Morgan fingerprint density at radius 1 is 0.964 bits per heavy atom. The standard InChI is InChI=1S/C24H28FN3/c1-28(2)24(17-6-5-7-18(25)16-17)13-11-23(12-14-24)22-20(10-15-26-23)19-8-3-4-9-21(19)27-22/h3-9,16,26-27H,10-15H2,1-2H3. The summed E-state index contributed by atoms with van der Waals surface area (Å²) in [5, 5.41) is 5.24. The third-order valence-electron chi connectivity index (χ3n) is 7.28. The largest absolute Gasteiger partial charge is 0.357 e. The molecule has 2 N–H and O–H groups in total. The summed E-state index contributed by atoms with van der Waals surface area (Å²) in [6.45, 7) is 1.02. The molecule has 1 spiro atoms. The van der Waals surface area contributed by atoms with Crippen molar-refractivity contribution < 1.29 is 4.39 Å². The second-order valence-corrected chi connectivity index (χ2v) is 8.72. The van der Waals surface area contributed by atoms with Crippen molar-refractivity contribution >= 4 is 10.9 Å². The van der Waals surface area contributed by atoms with Crippen molar-refractivity contribution in [1.82, 2.24) is 15.2 Å². The number of hydrogen-bond donors (Lipinski definition) is 2. The maximum Gasteiger partial charge on any atom is 0.123 e. The van der Waals surface area contributed by atoms with Crippen molar-refractivity contribution in [3.8, 4) is 0 Å². The van der Waals surface area contributed by atoms with Crippen LogP contribution in [0.25, 0.3) is 10.9 Å². The minimum absolute atomic E-state index is 0.000557. The highest BCUT2D eigenvalue weighted by Gasteiger charge is 2.48. The van der Waals surface area contributed by atoms with Crippen LogP contribution in [-0.4, -0.2) is 30.5 Å². The molecule has 0 radical (unpaired) electrons. The van der Waals surface area contributed by atoms with Crippen LogP contribution in [0.15, 0.2) is 48.5 Å². The van der Waals surface area contributed by atoms with Gasteiger partial charge in [0.2, 0.25) is 0 Å². The molecule has 1 aliphatic carbocycles.